The monoisotopic (exact) mass is 292 g/mol. The van der Waals surface area contributed by atoms with Crippen LogP contribution in [0.5, 0.6) is 0 Å². The summed E-state index contributed by atoms with van der Waals surface area (Å²) in [6.07, 6.45) is 4.46. The first-order valence-corrected chi connectivity index (χ1v) is 7.38. The van der Waals surface area contributed by atoms with Crippen LogP contribution >= 0.6 is 11.3 Å². The smallest absolute Gasteiger partial charge is 0.319 e. The molecule has 1 aliphatic heterocycles. The molecule has 0 bridgehead atoms. The molecular formula is C13H16N4O2S. The number of aromatic nitrogens is 2. The summed E-state index contributed by atoms with van der Waals surface area (Å²) in [6, 6.07) is 4.01. The van der Waals surface area contributed by atoms with Gasteiger partial charge in [-0.2, -0.15) is 5.10 Å². The summed E-state index contributed by atoms with van der Waals surface area (Å²) in [5.74, 6) is 0. The highest BCUT2D eigenvalue weighted by atomic mass is 32.1. The molecule has 0 spiro atoms. The molecule has 2 aromatic heterocycles. The molecule has 0 radical (unpaired) electrons. The summed E-state index contributed by atoms with van der Waals surface area (Å²) in [5.41, 5.74) is 0.695. The molecule has 7 heteroatoms. The molecule has 1 atom stereocenters. The van der Waals surface area contributed by atoms with Gasteiger partial charge in [-0.15, -0.1) is 11.3 Å². The Hall–Kier alpha value is -1.86. The van der Waals surface area contributed by atoms with Gasteiger partial charge in [-0.1, -0.05) is 6.07 Å². The molecule has 0 unspecified atom stereocenters. The minimum atomic E-state index is -0.222. The van der Waals surface area contributed by atoms with E-state index < -0.39 is 0 Å². The number of amides is 2. The lowest BCUT2D eigenvalue weighted by Crippen LogP contribution is -2.27. The van der Waals surface area contributed by atoms with E-state index in [0.717, 1.165) is 17.9 Å². The van der Waals surface area contributed by atoms with Crippen LogP contribution in [0.2, 0.25) is 0 Å². The SMILES string of the molecule is O=C(NCc1cccs1)Nc1cnn([C@H]2CCOC2)c1. The van der Waals surface area contributed by atoms with Gasteiger partial charge in [-0.3, -0.25) is 4.68 Å². The van der Waals surface area contributed by atoms with Crippen molar-refractivity contribution in [1.29, 1.82) is 0 Å². The van der Waals surface area contributed by atoms with Crippen molar-refractivity contribution >= 4 is 23.1 Å². The molecule has 0 saturated carbocycles. The number of carbonyl (C=O) groups is 1. The van der Waals surface area contributed by atoms with Crippen molar-refractivity contribution in [3.8, 4) is 0 Å². The lowest BCUT2D eigenvalue weighted by atomic mass is 10.3. The molecule has 1 saturated heterocycles. The number of hydrogen-bond donors (Lipinski definition) is 2. The second-order valence-corrected chi connectivity index (χ2v) is 5.65. The molecule has 1 fully saturated rings. The number of ether oxygens (including phenoxy) is 1. The van der Waals surface area contributed by atoms with Crippen molar-refractivity contribution in [2.75, 3.05) is 18.5 Å². The van der Waals surface area contributed by atoms with Crippen LogP contribution in [-0.4, -0.2) is 29.0 Å². The zero-order valence-corrected chi connectivity index (χ0v) is 11.7. The quantitative estimate of drug-likeness (QED) is 0.908. The number of rotatable bonds is 4. The van der Waals surface area contributed by atoms with E-state index in [1.807, 2.05) is 28.4 Å². The highest BCUT2D eigenvalue weighted by molar-refractivity contribution is 7.09. The molecule has 2 N–H and O–H groups in total. The molecular weight excluding hydrogens is 276 g/mol. The highest BCUT2D eigenvalue weighted by Gasteiger charge is 2.18. The Kier molecular flexibility index (Phi) is 3.98. The van der Waals surface area contributed by atoms with E-state index >= 15 is 0 Å². The van der Waals surface area contributed by atoms with Gasteiger partial charge >= 0.3 is 6.03 Å². The van der Waals surface area contributed by atoms with E-state index in [1.165, 1.54) is 0 Å². The van der Waals surface area contributed by atoms with Crippen molar-refractivity contribution in [2.45, 2.75) is 19.0 Å². The van der Waals surface area contributed by atoms with Gasteiger partial charge in [0.2, 0.25) is 0 Å². The molecule has 2 aromatic rings. The molecule has 0 aliphatic carbocycles. The van der Waals surface area contributed by atoms with Crippen molar-refractivity contribution in [1.82, 2.24) is 15.1 Å². The first-order chi connectivity index (χ1) is 9.81. The maximum atomic E-state index is 11.8. The summed E-state index contributed by atoms with van der Waals surface area (Å²) in [5, 5.41) is 11.8. The zero-order chi connectivity index (χ0) is 13.8. The van der Waals surface area contributed by atoms with Crippen molar-refractivity contribution in [3.05, 3.63) is 34.8 Å². The zero-order valence-electron chi connectivity index (χ0n) is 10.9. The maximum absolute atomic E-state index is 11.8. The molecule has 1 aliphatic rings. The number of nitrogens with zero attached hydrogens (tertiary/aromatic N) is 2. The van der Waals surface area contributed by atoms with E-state index in [0.29, 0.717) is 18.8 Å². The van der Waals surface area contributed by atoms with Crippen LogP contribution in [0.4, 0.5) is 10.5 Å². The third-order valence-corrected chi connectivity index (χ3v) is 4.02. The van der Waals surface area contributed by atoms with Crippen molar-refractivity contribution in [2.24, 2.45) is 0 Å². The topological polar surface area (TPSA) is 68.2 Å². The van der Waals surface area contributed by atoms with E-state index in [-0.39, 0.29) is 12.1 Å². The fourth-order valence-electron chi connectivity index (χ4n) is 2.09. The summed E-state index contributed by atoms with van der Waals surface area (Å²) in [4.78, 5) is 12.9. The van der Waals surface area contributed by atoms with Crippen LogP contribution in [-0.2, 0) is 11.3 Å². The Morgan fingerprint density at radius 3 is 3.30 bits per heavy atom. The van der Waals surface area contributed by atoms with Gasteiger partial charge < -0.3 is 15.4 Å². The van der Waals surface area contributed by atoms with Gasteiger partial charge in [0.15, 0.2) is 0 Å². The second kappa shape index (κ2) is 6.06. The first kappa shape index (κ1) is 13.1. The number of hydrogen-bond acceptors (Lipinski definition) is 4. The van der Waals surface area contributed by atoms with Gasteiger partial charge in [0.1, 0.15) is 0 Å². The predicted molar refractivity (Wildman–Crippen MR) is 76.9 cm³/mol. The second-order valence-electron chi connectivity index (χ2n) is 4.61. The Bertz CT molecular complexity index is 561. The Labute approximate surface area is 120 Å². The number of anilines is 1. The van der Waals surface area contributed by atoms with Crippen LogP contribution in [0.1, 0.15) is 17.3 Å². The third kappa shape index (κ3) is 3.17. The minimum absolute atomic E-state index is 0.222. The predicted octanol–water partition coefficient (Wildman–Crippen LogP) is 2.23. The molecule has 3 heterocycles. The van der Waals surface area contributed by atoms with Crippen LogP contribution in [0.3, 0.4) is 0 Å². The lowest BCUT2D eigenvalue weighted by Gasteiger charge is -2.07. The van der Waals surface area contributed by atoms with Crippen LogP contribution in [0, 0.1) is 0 Å². The summed E-state index contributed by atoms with van der Waals surface area (Å²) in [6.45, 7) is 1.99. The van der Waals surface area contributed by atoms with E-state index in [9.17, 15) is 4.79 Å². The minimum Gasteiger partial charge on any atom is -0.379 e. The van der Waals surface area contributed by atoms with E-state index in [4.69, 9.17) is 4.74 Å². The normalized spacial score (nSPS) is 18.1. The molecule has 0 aromatic carbocycles. The van der Waals surface area contributed by atoms with Crippen LogP contribution in [0.15, 0.2) is 29.9 Å². The summed E-state index contributed by atoms with van der Waals surface area (Å²) in [7, 11) is 0. The van der Waals surface area contributed by atoms with Gasteiger partial charge in [-0.25, -0.2) is 4.79 Å². The average Bonchev–Trinajstić information content (AvgIpc) is 3.18. The number of carbonyl (C=O) groups excluding carboxylic acids is 1. The standard InChI is InChI=1S/C13H16N4O2S/c18-13(14-7-12-2-1-5-20-12)16-10-6-15-17(8-10)11-3-4-19-9-11/h1-2,5-6,8,11H,3-4,7,9H2,(H2,14,16,18)/t11-/m0/s1. The largest absolute Gasteiger partial charge is 0.379 e. The number of nitrogens with one attached hydrogen (secondary N) is 2. The van der Waals surface area contributed by atoms with Crippen LogP contribution in [0.25, 0.3) is 0 Å². The Morgan fingerprint density at radius 2 is 2.55 bits per heavy atom. The van der Waals surface area contributed by atoms with Gasteiger partial charge in [0.25, 0.3) is 0 Å². The molecule has 6 nitrogen and oxygen atoms in total. The Morgan fingerprint density at radius 1 is 1.60 bits per heavy atom. The number of urea groups is 1. The van der Waals surface area contributed by atoms with Gasteiger partial charge in [0, 0.05) is 17.7 Å². The van der Waals surface area contributed by atoms with E-state index in [2.05, 4.69) is 15.7 Å². The van der Waals surface area contributed by atoms with E-state index in [1.54, 1.807) is 17.5 Å². The fraction of sp³-hybridized carbons (Fsp3) is 0.385. The summed E-state index contributed by atoms with van der Waals surface area (Å²) >= 11 is 1.62. The molecule has 20 heavy (non-hydrogen) atoms. The fourth-order valence-corrected chi connectivity index (χ4v) is 2.73. The van der Waals surface area contributed by atoms with Gasteiger partial charge in [0.05, 0.1) is 31.1 Å². The first-order valence-electron chi connectivity index (χ1n) is 6.50. The lowest BCUT2D eigenvalue weighted by molar-refractivity contribution is 0.184. The molecule has 2 amide bonds. The van der Waals surface area contributed by atoms with Crippen LogP contribution < -0.4 is 10.6 Å². The number of thiophene rings is 1. The average molecular weight is 292 g/mol. The summed E-state index contributed by atoms with van der Waals surface area (Å²) < 4.78 is 7.17. The maximum Gasteiger partial charge on any atom is 0.319 e. The highest BCUT2D eigenvalue weighted by Crippen LogP contribution is 2.19. The molecule has 3 rings (SSSR count). The third-order valence-electron chi connectivity index (χ3n) is 3.14. The Balaban J connectivity index is 1.50. The van der Waals surface area contributed by atoms with Crippen molar-refractivity contribution < 1.29 is 9.53 Å². The molecule has 106 valence electrons. The van der Waals surface area contributed by atoms with Crippen molar-refractivity contribution in [3.63, 3.8) is 0 Å². The van der Waals surface area contributed by atoms with Gasteiger partial charge in [-0.05, 0) is 17.9 Å².